The molecule has 8 nitrogen and oxygen atoms in total. The number of aromatic nitrogens is 2. The number of methoxy groups -OCH3 is 1. The van der Waals surface area contributed by atoms with E-state index in [0.717, 1.165) is 22.5 Å². The van der Waals surface area contributed by atoms with Crippen molar-refractivity contribution in [3.05, 3.63) is 64.8 Å². The number of hydrogen-bond donors (Lipinski definition) is 3. The number of anilines is 2. The fourth-order valence-corrected chi connectivity index (χ4v) is 4.29. The smallest absolute Gasteiger partial charge is 0.263 e. The van der Waals surface area contributed by atoms with Crippen LogP contribution in [0, 0.1) is 11.3 Å². The predicted octanol–water partition coefficient (Wildman–Crippen LogP) is 3.33. The molecule has 0 aliphatic heterocycles. The lowest BCUT2D eigenvalue weighted by atomic mass is 9.97. The van der Waals surface area contributed by atoms with Crippen LogP contribution in [0.5, 0.6) is 5.75 Å². The number of fused-ring (bicyclic) bond motifs is 1. The minimum Gasteiger partial charge on any atom is -0.497 e. The van der Waals surface area contributed by atoms with E-state index in [0.29, 0.717) is 33.0 Å². The first kappa shape index (κ1) is 20.1. The maximum Gasteiger partial charge on any atom is 0.263 e. The van der Waals surface area contributed by atoms with Gasteiger partial charge in [0.25, 0.3) is 5.91 Å². The molecule has 3 heterocycles. The molecule has 1 aromatic carbocycles. The molecular weight excluding hydrogens is 412 g/mol. The first-order valence-electron chi connectivity index (χ1n) is 9.26. The summed E-state index contributed by atoms with van der Waals surface area (Å²) in [5.74, 6) is 0.431. The number of nitrogens with zero attached hydrogens (tertiary/aromatic N) is 3. The number of benzene rings is 1. The number of carbonyl (C=O) groups excluding carboxylic acids is 1. The summed E-state index contributed by atoms with van der Waals surface area (Å²) in [5.41, 5.74) is 15.1. The van der Waals surface area contributed by atoms with Crippen LogP contribution in [0.2, 0.25) is 0 Å². The molecule has 31 heavy (non-hydrogen) atoms. The van der Waals surface area contributed by atoms with Crippen LogP contribution in [0.1, 0.15) is 20.8 Å². The first-order valence-corrected chi connectivity index (χ1v) is 10.1. The summed E-state index contributed by atoms with van der Waals surface area (Å²) in [7, 11) is 1.58. The second-order valence-corrected chi connectivity index (χ2v) is 7.66. The van der Waals surface area contributed by atoms with Gasteiger partial charge in [0.15, 0.2) is 0 Å². The summed E-state index contributed by atoms with van der Waals surface area (Å²) in [5, 5.41) is 13.1. The third-order valence-electron chi connectivity index (χ3n) is 4.78. The zero-order valence-electron chi connectivity index (χ0n) is 16.5. The van der Waals surface area contributed by atoms with Crippen LogP contribution < -0.4 is 21.5 Å². The SMILES string of the molecule is COc1ccc(-c2c(C#N)c(N)nc3sc(C(=O)NCc4cccnc4)c(N)c23)cc1. The summed E-state index contributed by atoms with van der Waals surface area (Å²) >= 11 is 1.14. The Hall–Kier alpha value is -4.16. The van der Waals surface area contributed by atoms with Crippen molar-refractivity contribution >= 4 is 39.0 Å². The van der Waals surface area contributed by atoms with Crippen molar-refractivity contribution in [2.24, 2.45) is 0 Å². The molecule has 0 spiro atoms. The van der Waals surface area contributed by atoms with Crippen molar-refractivity contribution in [2.75, 3.05) is 18.6 Å². The van der Waals surface area contributed by atoms with Crippen LogP contribution in [0.15, 0.2) is 48.8 Å². The van der Waals surface area contributed by atoms with Crippen LogP contribution in [0.3, 0.4) is 0 Å². The largest absolute Gasteiger partial charge is 0.497 e. The lowest BCUT2D eigenvalue weighted by Gasteiger charge is -2.10. The number of carbonyl (C=O) groups is 1. The molecule has 0 saturated carbocycles. The van der Waals surface area contributed by atoms with Crippen LogP contribution in [0.25, 0.3) is 21.3 Å². The molecule has 1 amide bonds. The van der Waals surface area contributed by atoms with Crippen molar-refractivity contribution in [1.82, 2.24) is 15.3 Å². The van der Waals surface area contributed by atoms with Gasteiger partial charge in [0, 0.05) is 29.9 Å². The van der Waals surface area contributed by atoms with E-state index in [9.17, 15) is 10.1 Å². The summed E-state index contributed by atoms with van der Waals surface area (Å²) in [4.78, 5) is 22.0. The van der Waals surface area contributed by atoms with Gasteiger partial charge >= 0.3 is 0 Å². The Morgan fingerprint density at radius 1 is 1.26 bits per heavy atom. The molecule has 0 aliphatic rings. The number of rotatable bonds is 5. The molecule has 0 fully saturated rings. The second kappa shape index (κ2) is 8.30. The van der Waals surface area contributed by atoms with E-state index in [4.69, 9.17) is 16.2 Å². The van der Waals surface area contributed by atoms with Crippen molar-refractivity contribution in [2.45, 2.75) is 6.54 Å². The monoisotopic (exact) mass is 430 g/mol. The number of ether oxygens (including phenoxy) is 1. The van der Waals surface area contributed by atoms with Crippen molar-refractivity contribution < 1.29 is 9.53 Å². The molecule has 0 atom stereocenters. The minimum absolute atomic E-state index is 0.0874. The molecule has 4 aromatic rings. The maximum absolute atomic E-state index is 12.8. The molecule has 0 radical (unpaired) electrons. The fourth-order valence-electron chi connectivity index (χ4n) is 3.26. The van der Waals surface area contributed by atoms with Crippen LogP contribution in [-0.4, -0.2) is 23.0 Å². The number of amides is 1. The van der Waals surface area contributed by atoms with Crippen LogP contribution >= 0.6 is 11.3 Å². The van der Waals surface area contributed by atoms with Gasteiger partial charge < -0.3 is 21.5 Å². The predicted molar refractivity (Wildman–Crippen MR) is 121 cm³/mol. The van der Waals surface area contributed by atoms with Crippen molar-refractivity contribution in [3.63, 3.8) is 0 Å². The van der Waals surface area contributed by atoms with Gasteiger partial charge in [-0.1, -0.05) is 18.2 Å². The van der Waals surface area contributed by atoms with E-state index >= 15 is 0 Å². The normalized spacial score (nSPS) is 10.6. The third-order valence-corrected chi connectivity index (χ3v) is 5.88. The first-order chi connectivity index (χ1) is 15.0. The molecule has 0 bridgehead atoms. The standard InChI is InChI=1S/C22H18N6O2S/c1-30-14-6-4-13(5-7-14)16-15(9-23)20(25)28-22-17(16)18(24)19(31-22)21(29)27-11-12-3-2-8-26-10-12/h2-8,10H,11,24H2,1H3,(H2,25,28)(H,27,29). The molecule has 0 aliphatic carbocycles. The summed E-state index contributed by atoms with van der Waals surface area (Å²) in [6, 6.07) is 13.0. The molecule has 4 rings (SSSR count). The number of hydrogen-bond acceptors (Lipinski definition) is 8. The topological polar surface area (TPSA) is 140 Å². The minimum atomic E-state index is -0.331. The van der Waals surface area contributed by atoms with E-state index in [1.165, 1.54) is 0 Å². The van der Waals surface area contributed by atoms with E-state index in [2.05, 4.69) is 21.4 Å². The zero-order valence-corrected chi connectivity index (χ0v) is 17.4. The average molecular weight is 430 g/mol. The molecular formula is C22H18N6O2S. The highest BCUT2D eigenvalue weighted by atomic mass is 32.1. The number of nitrogens with one attached hydrogen (secondary N) is 1. The molecule has 5 N–H and O–H groups in total. The fraction of sp³-hybridized carbons (Fsp3) is 0.0909. The van der Waals surface area contributed by atoms with Crippen molar-refractivity contribution in [1.29, 1.82) is 5.26 Å². The Balaban J connectivity index is 1.81. The van der Waals surface area contributed by atoms with Gasteiger partial charge in [-0.2, -0.15) is 5.26 Å². The van der Waals surface area contributed by atoms with Crippen molar-refractivity contribution in [3.8, 4) is 22.9 Å². The molecule has 3 aromatic heterocycles. The molecule has 9 heteroatoms. The number of thiophene rings is 1. The van der Waals surface area contributed by atoms with Crippen LogP contribution in [0.4, 0.5) is 11.5 Å². The summed E-state index contributed by atoms with van der Waals surface area (Å²) in [6.07, 6.45) is 3.34. The van der Waals surface area contributed by atoms with Gasteiger partial charge in [0.05, 0.1) is 12.8 Å². The number of nitrogen functional groups attached to an aromatic ring is 2. The Morgan fingerprint density at radius 3 is 2.68 bits per heavy atom. The third kappa shape index (κ3) is 3.72. The molecule has 154 valence electrons. The highest BCUT2D eigenvalue weighted by molar-refractivity contribution is 7.21. The molecule has 0 saturated heterocycles. The van der Waals surface area contributed by atoms with Gasteiger partial charge in [-0.05, 0) is 29.3 Å². The summed E-state index contributed by atoms with van der Waals surface area (Å²) < 4.78 is 5.21. The van der Waals surface area contributed by atoms with Crippen LogP contribution in [-0.2, 0) is 6.54 Å². The summed E-state index contributed by atoms with van der Waals surface area (Å²) in [6.45, 7) is 0.310. The lowest BCUT2D eigenvalue weighted by Crippen LogP contribution is -2.22. The second-order valence-electron chi connectivity index (χ2n) is 6.66. The average Bonchev–Trinajstić information content (AvgIpc) is 3.13. The Labute approximate surface area is 182 Å². The zero-order chi connectivity index (χ0) is 22.0. The maximum atomic E-state index is 12.8. The molecule has 0 unspecified atom stereocenters. The Bertz CT molecular complexity index is 1310. The van der Waals surface area contributed by atoms with E-state index < -0.39 is 0 Å². The van der Waals surface area contributed by atoms with Gasteiger partial charge in [-0.15, -0.1) is 11.3 Å². The quantitative estimate of drug-likeness (QED) is 0.441. The lowest BCUT2D eigenvalue weighted by molar-refractivity contribution is 0.0956. The highest BCUT2D eigenvalue weighted by Gasteiger charge is 2.24. The van der Waals surface area contributed by atoms with E-state index in [1.54, 1.807) is 37.7 Å². The number of nitriles is 1. The van der Waals surface area contributed by atoms with Gasteiger partial charge in [-0.3, -0.25) is 9.78 Å². The Kier molecular flexibility index (Phi) is 5.39. The van der Waals surface area contributed by atoms with Gasteiger partial charge in [-0.25, -0.2) is 4.98 Å². The van der Waals surface area contributed by atoms with Gasteiger partial charge in [0.1, 0.15) is 32.9 Å². The number of pyridine rings is 2. The van der Waals surface area contributed by atoms with E-state index in [1.807, 2.05) is 18.2 Å². The number of nitrogens with two attached hydrogens (primary N) is 2. The Morgan fingerprint density at radius 2 is 2.03 bits per heavy atom. The highest BCUT2D eigenvalue weighted by Crippen LogP contribution is 2.42. The van der Waals surface area contributed by atoms with Gasteiger partial charge in [0.2, 0.25) is 0 Å². The van der Waals surface area contributed by atoms with E-state index in [-0.39, 0.29) is 23.0 Å².